The number of nitrogens with zero attached hydrogens (tertiary/aromatic N) is 1. The molecule has 0 aliphatic rings. The van der Waals surface area contributed by atoms with Gasteiger partial charge in [0.25, 0.3) is 0 Å². The molecule has 0 saturated heterocycles. The minimum Gasteiger partial charge on any atom is -0.394 e. The van der Waals surface area contributed by atoms with Gasteiger partial charge in [0.15, 0.2) is 0 Å². The predicted molar refractivity (Wildman–Crippen MR) is 45.6 cm³/mol. The molecule has 1 aromatic rings. The van der Waals surface area contributed by atoms with Crippen molar-refractivity contribution in [1.82, 2.24) is 10.3 Å². The van der Waals surface area contributed by atoms with Crippen molar-refractivity contribution < 1.29 is 5.11 Å². The summed E-state index contributed by atoms with van der Waals surface area (Å²) >= 11 is 1.55. The van der Waals surface area contributed by atoms with Crippen LogP contribution >= 0.6 is 11.3 Å². The van der Waals surface area contributed by atoms with Gasteiger partial charge in [-0.2, -0.15) is 0 Å². The van der Waals surface area contributed by atoms with Crippen molar-refractivity contribution in [2.75, 3.05) is 13.7 Å². The maximum atomic E-state index is 9.06. The molecule has 0 saturated carbocycles. The van der Waals surface area contributed by atoms with Gasteiger partial charge in [-0.15, -0.1) is 11.3 Å². The normalized spacial score (nSPS) is 16.3. The molecular formula is C7H12N2OS. The predicted octanol–water partition coefficient (Wildman–Crippen LogP) is 0.570. The second kappa shape index (κ2) is 3.30. The van der Waals surface area contributed by atoms with E-state index in [0.717, 1.165) is 5.01 Å². The molecule has 1 heterocycles. The number of likely N-dealkylation sites (N-methyl/N-ethyl adjacent to an activating group) is 1. The maximum Gasteiger partial charge on any atom is 0.115 e. The Balaban J connectivity index is 2.87. The van der Waals surface area contributed by atoms with Crippen LogP contribution in [0.4, 0.5) is 0 Å². The fraction of sp³-hybridized carbons (Fsp3) is 0.571. The molecule has 4 heteroatoms. The lowest BCUT2D eigenvalue weighted by Gasteiger charge is -2.23. The van der Waals surface area contributed by atoms with Gasteiger partial charge >= 0.3 is 0 Å². The van der Waals surface area contributed by atoms with Crippen LogP contribution in [0.1, 0.15) is 11.9 Å². The smallest absolute Gasteiger partial charge is 0.115 e. The summed E-state index contributed by atoms with van der Waals surface area (Å²) in [5, 5.41) is 14.9. The third-order valence-corrected chi connectivity index (χ3v) is 2.81. The Morgan fingerprint density at radius 1 is 1.82 bits per heavy atom. The van der Waals surface area contributed by atoms with Crippen molar-refractivity contribution in [2.45, 2.75) is 12.5 Å². The average molecular weight is 172 g/mol. The van der Waals surface area contributed by atoms with Crippen LogP contribution in [0, 0.1) is 0 Å². The van der Waals surface area contributed by atoms with E-state index >= 15 is 0 Å². The Kier molecular flexibility index (Phi) is 2.59. The van der Waals surface area contributed by atoms with Gasteiger partial charge in [-0.1, -0.05) is 0 Å². The number of aromatic nitrogens is 1. The molecule has 0 radical (unpaired) electrons. The van der Waals surface area contributed by atoms with Crippen LogP contribution in [0.15, 0.2) is 11.6 Å². The first-order chi connectivity index (χ1) is 5.23. The summed E-state index contributed by atoms with van der Waals surface area (Å²) in [7, 11) is 1.82. The van der Waals surface area contributed by atoms with Crippen molar-refractivity contribution in [3.63, 3.8) is 0 Å². The molecule has 0 aliphatic heterocycles. The SMILES string of the molecule is CNC(C)(CO)c1nccs1. The van der Waals surface area contributed by atoms with Crippen LogP contribution in [0.5, 0.6) is 0 Å². The van der Waals surface area contributed by atoms with Gasteiger partial charge in [0.05, 0.1) is 12.1 Å². The summed E-state index contributed by atoms with van der Waals surface area (Å²) in [6.45, 7) is 1.99. The number of rotatable bonds is 3. The molecule has 0 fully saturated rings. The molecule has 1 atom stereocenters. The molecule has 1 unspecified atom stereocenters. The van der Waals surface area contributed by atoms with Crippen LogP contribution in [-0.2, 0) is 5.54 Å². The fourth-order valence-corrected chi connectivity index (χ4v) is 1.55. The fourth-order valence-electron chi connectivity index (χ4n) is 0.750. The summed E-state index contributed by atoms with van der Waals surface area (Å²) in [5.41, 5.74) is -0.381. The minimum atomic E-state index is -0.381. The Morgan fingerprint density at radius 3 is 2.91 bits per heavy atom. The van der Waals surface area contributed by atoms with Gasteiger partial charge in [0, 0.05) is 11.6 Å². The van der Waals surface area contributed by atoms with E-state index in [1.54, 1.807) is 17.5 Å². The molecule has 0 bridgehead atoms. The lowest BCUT2D eigenvalue weighted by Crippen LogP contribution is -2.40. The molecule has 1 rings (SSSR count). The molecule has 11 heavy (non-hydrogen) atoms. The Morgan fingerprint density at radius 2 is 2.55 bits per heavy atom. The second-order valence-electron chi connectivity index (χ2n) is 2.58. The van der Waals surface area contributed by atoms with Crippen LogP contribution in [-0.4, -0.2) is 23.7 Å². The number of aliphatic hydroxyl groups is 1. The van der Waals surface area contributed by atoms with Gasteiger partial charge in [0.2, 0.25) is 0 Å². The molecule has 62 valence electrons. The van der Waals surface area contributed by atoms with E-state index in [9.17, 15) is 0 Å². The van der Waals surface area contributed by atoms with Crippen LogP contribution < -0.4 is 5.32 Å². The van der Waals surface area contributed by atoms with Crippen molar-refractivity contribution in [1.29, 1.82) is 0 Å². The summed E-state index contributed by atoms with van der Waals surface area (Å²) in [4.78, 5) is 4.13. The highest BCUT2D eigenvalue weighted by atomic mass is 32.1. The van der Waals surface area contributed by atoms with E-state index in [1.807, 2.05) is 19.4 Å². The Bertz CT molecular complexity index is 206. The second-order valence-corrected chi connectivity index (χ2v) is 3.47. The van der Waals surface area contributed by atoms with E-state index in [2.05, 4.69) is 10.3 Å². The topological polar surface area (TPSA) is 45.1 Å². The van der Waals surface area contributed by atoms with Crippen LogP contribution in [0.2, 0.25) is 0 Å². The zero-order valence-electron chi connectivity index (χ0n) is 6.66. The third kappa shape index (κ3) is 1.58. The first-order valence-corrected chi connectivity index (χ1v) is 4.30. The molecule has 0 aromatic carbocycles. The Labute approximate surface area is 70.1 Å². The summed E-state index contributed by atoms with van der Waals surface area (Å²) in [6, 6.07) is 0. The lowest BCUT2D eigenvalue weighted by atomic mass is 10.1. The highest BCUT2D eigenvalue weighted by molar-refractivity contribution is 7.09. The van der Waals surface area contributed by atoms with Crippen molar-refractivity contribution >= 4 is 11.3 Å². The molecule has 1 aromatic heterocycles. The molecule has 0 spiro atoms. The zero-order chi connectivity index (χ0) is 8.32. The number of nitrogens with one attached hydrogen (secondary N) is 1. The zero-order valence-corrected chi connectivity index (χ0v) is 7.48. The van der Waals surface area contributed by atoms with Crippen molar-refractivity contribution in [3.05, 3.63) is 16.6 Å². The van der Waals surface area contributed by atoms with Gasteiger partial charge < -0.3 is 10.4 Å². The summed E-state index contributed by atoms with van der Waals surface area (Å²) in [6.07, 6.45) is 1.74. The number of hydrogen-bond donors (Lipinski definition) is 2. The van der Waals surface area contributed by atoms with E-state index in [-0.39, 0.29) is 12.1 Å². The molecule has 0 aliphatic carbocycles. The van der Waals surface area contributed by atoms with Gasteiger partial charge in [-0.05, 0) is 14.0 Å². The number of thiazole rings is 1. The highest BCUT2D eigenvalue weighted by Gasteiger charge is 2.25. The average Bonchev–Trinajstić information content (AvgIpc) is 2.55. The van der Waals surface area contributed by atoms with E-state index in [4.69, 9.17) is 5.11 Å². The minimum absolute atomic E-state index is 0.0665. The molecule has 3 nitrogen and oxygen atoms in total. The summed E-state index contributed by atoms with van der Waals surface area (Å²) in [5.74, 6) is 0. The number of aliphatic hydroxyl groups excluding tert-OH is 1. The summed E-state index contributed by atoms with van der Waals surface area (Å²) < 4.78 is 0. The molecule has 0 amide bonds. The van der Waals surface area contributed by atoms with Crippen molar-refractivity contribution in [3.8, 4) is 0 Å². The lowest BCUT2D eigenvalue weighted by molar-refractivity contribution is 0.183. The third-order valence-electron chi connectivity index (χ3n) is 1.77. The van der Waals surface area contributed by atoms with E-state index < -0.39 is 0 Å². The molecule has 2 N–H and O–H groups in total. The van der Waals surface area contributed by atoms with Gasteiger partial charge in [-0.3, -0.25) is 0 Å². The van der Waals surface area contributed by atoms with Gasteiger partial charge in [-0.25, -0.2) is 4.98 Å². The highest BCUT2D eigenvalue weighted by Crippen LogP contribution is 2.21. The van der Waals surface area contributed by atoms with Crippen LogP contribution in [0.25, 0.3) is 0 Å². The molecular weight excluding hydrogens is 160 g/mol. The Hall–Kier alpha value is -0.450. The van der Waals surface area contributed by atoms with Gasteiger partial charge in [0.1, 0.15) is 5.01 Å². The monoisotopic (exact) mass is 172 g/mol. The first-order valence-electron chi connectivity index (χ1n) is 3.42. The maximum absolute atomic E-state index is 9.06. The first kappa shape index (κ1) is 8.64. The quantitative estimate of drug-likeness (QED) is 0.700. The number of hydrogen-bond acceptors (Lipinski definition) is 4. The van der Waals surface area contributed by atoms with E-state index in [0.29, 0.717) is 0 Å². The standard InChI is InChI=1S/C7H12N2OS/c1-7(5-10,8-2)6-9-3-4-11-6/h3-4,8,10H,5H2,1-2H3. The van der Waals surface area contributed by atoms with Crippen LogP contribution in [0.3, 0.4) is 0 Å². The van der Waals surface area contributed by atoms with E-state index in [1.165, 1.54) is 0 Å². The van der Waals surface area contributed by atoms with Crippen molar-refractivity contribution in [2.24, 2.45) is 0 Å². The largest absolute Gasteiger partial charge is 0.394 e.